The van der Waals surface area contributed by atoms with Crippen molar-refractivity contribution < 1.29 is 4.79 Å². The second-order valence-corrected chi connectivity index (χ2v) is 6.01. The van der Waals surface area contributed by atoms with Crippen LogP contribution in [-0.2, 0) is 6.54 Å². The lowest BCUT2D eigenvalue weighted by Crippen LogP contribution is -2.26. The van der Waals surface area contributed by atoms with E-state index in [1.807, 2.05) is 30.5 Å². The maximum atomic E-state index is 12.6. The van der Waals surface area contributed by atoms with Gasteiger partial charge in [-0.05, 0) is 30.0 Å². The highest BCUT2D eigenvalue weighted by Gasteiger charge is 2.18. The Hall–Kier alpha value is -2.27. The number of H-pyrrole nitrogens is 1. The van der Waals surface area contributed by atoms with Gasteiger partial charge in [-0.1, -0.05) is 30.3 Å². The Morgan fingerprint density at radius 1 is 1.18 bits per heavy atom. The summed E-state index contributed by atoms with van der Waals surface area (Å²) in [6.45, 7) is 0.564. The van der Waals surface area contributed by atoms with Gasteiger partial charge in [-0.2, -0.15) is 5.10 Å². The van der Waals surface area contributed by atoms with Crippen LogP contribution in [0.4, 0.5) is 0 Å². The summed E-state index contributed by atoms with van der Waals surface area (Å²) >= 11 is 1.71. The Morgan fingerprint density at radius 3 is 2.64 bits per heavy atom. The number of hydrogen-bond donors (Lipinski definition) is 1. The van der Waals surface area contributed by atoms with E-state index < -0.39 is 0 Å². The van der Waals surface area contributed by atoms with Gasteiger partial charge in [0, 0.05) is 23.9 Å². The van der Waals surface area contributed by atoms with Crippen LogP contribution in [0.25, 0.3) is 10.9 Å². The smallest absolute Gasteiger partial charge is 0.275 e. The Bertz CT molecular complexity index is 795. The zero-order chi connectivity index (χ0) is 15.5. The number of benzene rings is 2. The van der Waals surface area contributed by atoms with Crippen LogP contribution >= 0.6 is 11.8 Å². The number of rotatable bonds is 4. The molecule has 112 valence electrons. The zero-order valence-corrected chi connectivity index (χ0v) is 13.4. The van der Waals surface area contributed by atoms with Crippen molar-refractivity contribution in [2.75, 3.05) is 13.3 Å². The number of carbonyl (C=O) groups is 1. The van der Waals surface area contributed by atoms with Crippen LogP contribution in [0.15, 0.2) is 53.4 Å². The predicted molar refractivity (Wildman–Crippen MR) is 90.1 cm³/mol. The number of nitrogens with zero attached hydrogens (tertiary/aromatic N) is 2. The normalized spacial score (nSPS) is 10.8. The lowest BCUT2D eigenvalue weighted by molar-refractivity contribution is 0.0781. The quantitative estimate of drug-likeness (QED) is 0.750. The van der Waals surface area contributed by atoms with E-state index in [0.29, 0.717) is 12.2 Å². The van der Waals surface area contributed by atoms with E-state index in [4.69, 9.17) is 0 Å². The molecular formula is C17H17N3OS. The van der Waals surface area contributed by atoms with E-state index in [1.54, 1.807) is 23.7 Å². The van der Waals surface area contributed by atoms with Crippen LogP contribution in [0.5, 0.6) is 0 Å². The van der Waals surface area contributed by atoms with Gasteiger partial charge in [0.1, 0.15) is 0 Å². The highest BCUT2D eigenvalue weighted by Crippen LogP contribution is 2.19. The van der Waals surface area contributed by atoms with Crippen LogP contribution in [0.1, 0.15) is 16.1 Å². The van der Waals surface area contributed by atoms with E-state index >= 15 is 0 Å². The summed E-state index contributed by atoms with van der Waals surface area (Å²) < 4.78 is 0. The summed E-state index contributed by atoms with van der Waals surface area (Å²) in [5.74, 6) is -0.0774. The van der Waals surface area contributed by atoms with Gasteiger partial charge in [0.2, 0.25) is 0 Å². The van der Waals surface area contributed by atoms with E-state index in [9.17, 15) is 4.79 Å². The Kier molecular flexibility index (Phi) is 4.15. The molecule has 0 atom stereocenters. The summed E-state index contributed by atoms with van der Waals surface area (Å²) in [6, 6.07) is 15.9. The van der Waals surface area contributed by atoms with Crippen LogP contribution in [0.2, 0.25) is 0 Å². The first-order chi connectivity index (χ1) is 10.7. The standard InChI is InChI=1S/C17H17N3OS/c1-20(11-12-7-9-13(22-2)10-8-12)17(21)16-14-5-3-4-6-15(14)18-19-16/h3-10H,11H2,1-2H3,(H,18,19). The molecule has 3 aromatic rings. The van der Waals surface area contributed by atoms with Gasteiger partial charge in [0.15, 0.2) is 5.69 Å². The molecule has 0 fully saturated rings. The minimum atomic E-state index is -0.0774. The lowest BCUT2D eigenvalue weighted by atomic mass is 10.2. The van der Waals surface area contributed by atoms with Crippen LogP contribution in [0, 0.1) is 0 Å². The van der Waals surface area contributed by atoms with E-state index in [2.05, 4.69) is 34.5 Å². The minimum absolute atomic E-state index is 0.0774. The highest BCUT2D eigenvalue weighted by molar-refractivity contribution is 7.98. The summed E-state index contributed by atoms with van der Waals surface area (Å²) in [5, 5.41) is 7.93. The number of amides is 1. The first-order valence-electron chi connectivity index (χ1n) is 7.00. The maximum Gasteiger partial charge on any atom is 0.275 e. The van der Waals surface area contributed by atoms with Gasteiger partial charge in [-0.15, -0.1) is 11.8 Å². The Labute approximate surface area is 133 Å². The topological polar surface area (TPSA) is 49.0 Å². The Balaban J connectivity index is 1.79. The minimum Gasteiger partial charge on any atom is -0.336 e. The molecule has 1 amide bonds. The molecule has 0 saturated carbocycles. The third-order valence-corrected chi connectivity index (χ3v) is 4.34. The highest BCUT2D eigenvalue weighted by atomic mass is 32.2. The van der Waals surface area contributed by atoms with Crippen molar-refractivity contribution in [2.24, 2.45) is 0 Å². The largest absolute Gasteiger partial charge is 0.336 e. The fourth-order valence-corrected chi connectivity index (χ4v) is 2.79. The summed E-state index contributed by atoms with van der Waals surface area (Å²) in [7, 11) is 1.80. The molecule has 1 N–H and O–H groups in total. The monoisotopic (exact) mass is 311 g/mol. The fraction of sp³-hybridized carbons (Fsp3) is 0.176. The number of thioether (sulfide) groups is 1. The first kappa shape index (κ1) is 14.7. The third-order valence-electron chi connectivity index (χ3n) is 3.60. The number of hydrogen-bond acceptors (Lipinski definition) is 3. The predicted octanol–water partition coefficient (Wildman–Crippen LogP) is 3.56. The molecule has 22 heavy (non-hydrogen) atoms. The van der Waals surface area contributed by atoms with E-state index in [-0.39, 0.29) is 5.91 Å². The molecule has 1 heterocycles. The van der Waals surface area contributed by atoms with Crippen molar-refractivity contribution in [3.8, 4) is 0 Å². The molecule has 2 aromatic carbocycles. The van der Waals surface area contributed by atoms with Crippen molar-refractivity contribution in [3.63, 3.8) is 0 Å². The molecule has 0 bridgehead atoms. The molecule has 4 nitrogen and oxygen atoms in total. The van der Waals surface area contributed by atoms with Gasteiger partial charge >= 0.3 is 0 Å². The second-order valence-electron chi connectivity index (χ2n) is 5.13. The van der Waals surface area contributed by atoms with Crippen molar-refractivity contribution in [1.82, 2.24) is 15.1 Å². The Morgan fingerprint density at radius 2 is 1.91 bits per heavy atom. The van der Waals surface area contributed by atoms with Crippen LogP contribution < -0.4 is 0 Å². The number of para-hydroxylation sites is 1. The molecule has 1 aromatic heterocycles. The molecular weight excluding hydrogens is 294 g/mol. The maximum absolute atomic E-state index is 12.6. The molecule has 0 spiro atoms. The van der Waals surface area contributed by atoms with Crippen LogP contribution in [-0.4, -0.2) is 34.3 Å². The number of aromatic amines is 1. The molecule has 0 saturated heterocycles. The van der Waals surface area contributed by atoms with Crippen molar-refractivity contribution >= 4 is 28.6 Å². The van der Waals surface area contributed by atoms with Gasteiger partial charge in [-0.3, -0.25) is 9.89 Å². The second kappa shape index (κ2) is 6.23. The fourth-order valence-electron chi connectivity index (χ4n) is 2.38. The number of aromatic nitrogens is 2. The molecule has 0 aliphatic heterocycles. The van der Waals surface area contributed by atoms with Crippen molar-refractivity contribution in [3.05, 3.63) is 59.8 Å². The van der Waals surface area contributed by atoms with Gasteiger partial charge < -0.3 is 4.90 Å². The average Bonchev–Trinajstić information content (AvgIpc) is 2.99. The number of carbonyl (C=O) groups excluding carboxylic acids is 1. The average molecular weight is 311 g/mol. The van der Waals surface area contributed by atoms with E-state index in [0.717, 1.165) is 16.5 Å². The van der Waals surface area contributed by atoms with Gasteiger partial charge in [0.25, 0.3) is 5.91 Å². The van der Waals surface area contributed by atoms with E-state index in [1.165, 1.54) is 4.90 Å². The molecule has 0 radical (unpaired) electrons. The summed E-state index contributed by atoms with van der Waals surface area (Å²) in [4.78, 5) is 15.5. The number of fused-ring (bicyclic) bond motifs is 1. The van der Waals surface area contributed by atoms with Crippen molar-refractivity contribution in [1.29, 1.82) is 0 Å². The zero-order valence-electron chi connectivity index (χ0n) is 12.5. The molecule has 0 aliphatic carbocycles. The molecule has 5 heteroatoms. The summed E-state index contributed by atoms with van der Waals surface area (Å²) in [6.07, 6.45) is 2.05. The van der Waals surface area contributed by atoms with Crippen molar-refractivity contribution in [2.45, 2.75) is 11.4 Å². The van der Waals surface area contributed by atoms with Gasteiger partial charge in [0.05, 0.1) is 5.52 Å². The number of nitrogens with one attached hydrogen (secondary N) is 1. The lowest BCUT2D eigenvalue weighted by Gasteiger charge is -2.16. The van der Waals surface area contributed by atoms with Crippen LogP contribution in [0.3, 0.4) is 0 Å². The molecule has 0 unspecified atom stereocenters. The third kappa shape index (κ3) is 2.85. The molecule has 3 rings (SSSR count). The molecule has 0 aliphatic rings. The summed E-state index contributed by atoms with van der Waals surface area (Å²) in [5.41, 5.74) is 2.45. The first-order valence-corrected chi connectivity index (χ1v) is 8.23. The van der Waals surface area contributed by atoms with Gasteiger partial charge in [-0.25, -0.2) is 0 Å². The SMILES string of the molecule is CSc1ccc(CN(C)C(=O)c2n[nH]c3ccccc23)cc1.